The molecule has 5 heteroatoms. The van der Waals surface area contributed by atoms with Gasteiger partial charge in [-0.05, 0) is 6.92 Å². The van der Waals surface area contributed by atoms with Crippen molar-refractivity contribution in [3.05, 3.63) is 0 Å². The SMILES string of the molecule is CC1(NCCS(C)(=O)=O)CNC1. The monoisotopic (exact) mass is 192 g/mol. The second-order valence-corrected chi connectivity index (χ2v) is 5.98. The fourth-order valence-electron chi connectivity index (χ4n) is 1.16. The smallest absolute Gasteiger partial charge is 0.148 e. The number of rotatable bonds is 4. The van der Waals surface area contributed by atoms with Gasteiger partial charge in [-0.2, -0.15) is 0 Å². The highest BCUT2D eigenvalue weighted by Gasteiger charge is 2.30. The molecular weight excluding hydrogens is 176 g/mol. The molecule has 0 saturated carbocycles. The van der Waals surface area contributed by atoms with Crippen LogP contribution in [0, 0.1) is 0 Å². The second kappa shape index (κ2) is 3.32. The summed E-state index contributed by atoms with van der Waals surface area (Å²) >= 11 is 0. The van der Waals surface area contributed by atoms with Crippen molar-refractivity contribution >= 4 is 9.84 Å². The Hall–Kier alpha value is -0.130. The molecule has 0 spiro atoms. The Bertz CT molecular complexity index is 244. The van der Waals surface area contributed by atoms with E-state index in [2.05, 4.69) is 17.6 Å². The van der Waals surface area contributed by atoms with E-state index in [1.807, 2.05) is 0 Å². The lowest BCUT2D eigenvalue weighted by atomic mass is 9.95. The molecule has 0 radical (unpaired) electrons. The predicted octanol–water partition coefficient (Wildman–Crippen LogP) is -1.02. The van der Waals surface area contributed by atoms with E-state index < -0.39 is 9.84 Å². The highest BCUT2D eigenvalue weighted by molar-refractivity contribution is 7.90. The summed E-state index contributed by atoms with van der Waals surface area (Å²) in [5.41, 5.74) is 0.116. The first-order valence-corrected chi connectivity index (χ1v) is 6.11. The molecule has 1 aliphatic rings. The van der Waals surface area contributed by atoms with E-state index in [0.717, 1.165) is 13.1 Å². The van der Waals surface area contributed by atoms with Crippen molar-refractivity contribution < 1.29 is 8.42 Å². The van der Waals surface area contributed by atoms with Crippen molar-refractivity contribution in [3.63, 3.8) is 0 Å². The lowest BCUT2D eigenvalue weighted by Gasteiger charge is -2.40. The third kappa shape index (κ3) is 3.08. The van der Waals surface area contributed by atoms with E-state index >= 15 is 0 Å². The van der Waals surface area contributed by atoms with Crippen LogP contribution in [0.5, 0.6) is 0 Å². The Morgan fingerprint density at radius 3 is 2.42 bits per heavy atom. The largest absolute Gasteiger partial charge is 0.313 e. The fraction of sp³-hybridized carbons (Fsp3) is 1.00. The zero-order valence-corrected chi connectivity index (χ0v) is 8.37. The molecular formula is C7H16N2O2S. The molecule has 1 heterocycles. The van der Waals surface area contributed by atoms with Crippen LogP contribution in [-0.4, -0.2) is 45.6 Å². The minimum absolute atomic E-state index is 0.116. The molecule has 1 aliphatic heterocycles. The minimum atomic E-state index is -2.81. The van der Waals surface area contributed by atoms with E-state index in [-0.39, 0.29) is 11.3 Å². The molecule has 2 N–H and O–H groups in total. The lowest BCUT2D eigenvalue weighted by Crippen LogP contribution is -2.66. The third-order valence-electron chi connectivity index (χ3n) is 2.05. The summed E-state index contributed by atoms with van der Waals surface area (Å²) in [5.74, 6) is 0.225. The number of hydrogen-bond acceptors (Lipinski definition) is 4. The first-order valence-electron chi connectivity index (χ1n) is 4.05. The summed E-state index contributed by atoms with van der Waals surface area (Å²) in [7, 11) is -2.81. The molecule has 0 unspecified atom stereocenters. The van der Waals surface area contributed by atoms with Crippen molar-refractivity contribution in [1.29, 1.82) is 0 Å². The number of hydrogen-bond donors (Lipinski definition) is 2. The predicted molar refractivity (Wildman–Crippen MR) is 49.0 cm³/mol. The van der Waals surface area contributed by atoms with Gasteiger partial charge in [0.2, 0.25) is 0 Å². The van der Waals surface area contributed by atoms with Crippen molar-refractivity contribution in [2.45, 2.75) is 12.5 Å². The van der Waals surface area contributed by atoms with E-state index in [1.165, 1.54) is 6.26 Å². The van der Waals surface area contributed by atoms with Crippen LogP contribution in [0.1, 0.15) is 6.92 Å². The maximum absolute atomic E-state index is 10.8. The summed E-state index contributed by atoms with van der Waals surface area (Å²) in [4.78, 5) is 0. The van der Waals surface area contributed by atoms with Gasteiger partial charge in [0.05, 0.1) is 5.75 Å². The summed E-state index contributed by atoms with van der Waals surface area (Å²) in [6.45, 7) is 4.50. The molecule has 0 aliphatic carbocycles. The fourth-order valence-corrected chi connectivity index (χ4v) is 1.64. The van der Waals surface area contributed by atoms with Gasteiger partial charge in [-0.15, -0.1) is 0 Å². The van der Waals surface area contributed by atoms with Crippen LogP contribution in [0.4, 0.5) is 0 Å². The quantitative estimate of drug-likeness (QED) is 0.599. The highest BCUT2D eigenvalue weighted by Crippen LogP contribution is 2.07. The van der Waals surface area contributed by atoms with Crippen LogP contribution in [0.15, 0.2) is 0 Å². The molecule has 0 amide bonds. The summed E-state index contributed by atoms with van der Waals surface area (Å²) in [5, 5.41) is 6.35. The Morgan fingerprint density at radius 1 is 1.50 bits per heavy atom. The average Bonchev–Trinajstić information content (AvgIpc) is 1.81. The molecule has 72 valence electrons. The summed E-state index contributed by atoms with van der Waals surface area (Å²) in [6.07, 6.45) is 1.26. The molecule has 12 heavy (non-hydrogen) atoms. The zero-order valence-electron chi connectivity index (χ0n) is 7.55. The normalized spacial score (nSPS) is 21.8. The van der Waals surface area contributed by atoms with Gasteiger partial charge in [0.15, 0.2) is 0 Å². The van der Waals surface area contributed by atoms with Gasteiger partial charge in [0.25, 0.3) is 0 Å². The first-order chi connectivity index (χ1) is 5.41. The maximum Gasteiger partial charge on any atom is 0.148 e. The maximum atomic E-state index is 10.8. The minimum Gasteiger partial charge on any atom is -0.313 e. The van der Waals surface area contributed by atoms with Gasteiger partial charge >= 0.3 is 0 Å². The Balaban J connectivity index is 2.18. The summed E-state index contributed by atoms with van der Waals surface area (Å²) < 4.78 is 21.5. The standard InChI is InChI=1S/C7H16N2O2S/c1-7(5-8-6-7)9-3-4-12(2,10)11/h8-9H,3-6H2,1-2H3. The van der Waals surface area contributed by atoms with Gasteiger partial charge in [-0.1, -0.05) is 0 Å². The molecule has 0 aromatic rings. The van der Waals surface area contributed by atoms with Crippen LogP contribution >= 0.6 is 0 Å². The Labute approximate surface area is 73.6 Å². The van der Waals surface area contributed by atoms with Gasteiger partial charge in [0, 0.05) is 31.4 Å². The van der Waals surface area contributed by atoms with E-state index in [9.17, 15) is 8.42 Å². The second-order valence-electron chi connectivity index (χ2n) is 3.72. The van der Waals surface area contributed by atoms with E-state index in [1.54, 1.807) is 0 Å². The molecule has 0 bridgehead atoms. The highest BCUT2D eigenvalue weighted by atomic mass is 32.2. The van der Waals surface area contributed by atoms with Gasteiger partial charge in [-0.25, -0.2) is 8.42 Å². The van der Waals surface area contributed by atoms with Crippen LogP contribution in [-0.2, 0) is 9.84 Å². The Kier molecular flexibility index (Phi) is 2.75. The average molecular weight is 192 g/mol. The third-order valence-corrected chi connectivity index (χ3v) is 3.00. The van der Waals surface area contributed by atoms with E-state index in [0.29, 0.717) is 6.54 Å². The van der Waals surface area contributed by atoms with Crippen LogP contribution in [0.2, 0.25) is 0 Å². The number of sulfone groups is 1. The topological polar surface area (TPSA) is 58.2 Å². The Morgan fingerprint density at radius 2 is 2.08 bits per heavy atom. The van der Waals surface area contributed by atoms with Gasteiger partial charge in [-0.3, -0.25) is 0 Å². The van der Waals surface area contributed by atoms with Gasteiger partial charge < -0.3 is 10.6 Å². The van der Waals surface area contributed by atoms with Gasteiger partial charge in [0.1, 0.15) is 9.84 Å². The van der Waals surface area contributed by atoms with Crippen LogP contribution in [0.3, 0.4) is 0 Å². The first kappa shape index (κ1) is 9.95. The summed E-state index contributed by atoms with van der Waals surface area (Å²) in [6, 6.07) is 0. The molecule has 0 atom stereocenters. The lowest BCUT2D eigenvalue weighted by molar-refractivity contribution is 0.244. The number of nitrogens with one attached hydrogen (secondary N) is 2. The van der Waals surface area contributed by atoms with Crippen LogP contribution < -0.4 is 10.6 Å². The van der Waals surface area contributed by atoms with Crippen molar-refractivity contribution in [2.24, 2.45) is 0 Å². The molecule has 1 rings (SSSR count). The molecule has 0 aromatic heterocycles. The molecule has 1 saturated heterocycles. The van der Waals surface area contributed by atoms with Crippen LogP contribution in [0.25, 0.3) is 0 Å². The molecule has 1 fully saturated rings. The van der Waals surface area contributed by atoms with Crippen molar-refractivity contribution in [2.75, 3.05) is 31.6 Å². The van der Waals surface area contributed by atoms with E-state index in [4.69, 9.17) is 0 Å². The van der Waals surface area contributed by atoms with Crippen molar-refractivity contribution in [1.82, 2.24) is 10.6 Å². The van der Waals surface area contributed by atoms with Crippen molar-refractivity contribution in [3.8, 4) is 0 Å². The molecule has 0 aromatic carbocycles. The molecule has 4 nitrogen and oxygen atoms in total. The zero-order chi connectivity index (χ0) is 9.24.